The lowest BCUT2D eigenvalue weighted by Crippen LogP contribution is -2.53. The van der Waals surface area contributed by atoms with E-state index in [-0.39, 0.29) is 18.9 Å². The predicted molar refractivity (Wildman–Crippen MR) is 79.5 cm³/mol. The highest BCUT2D eigenvalue weighted by molar-refractivity contribution is 7.17. The Morgan fingerprint density at radius 1 is 1.38 bits per heavy atom. The highest BCUT2D eigenvalue weighted by Gasteiger charge is 2.32. The predicted octanol–water partition coefficient (Wildman–Crippen LogP) is 1.76. The Morgan fingerprint density at radius 2 is 2.19 bits per heavy atom. The first-order chi connectivity index (χ1) is 10.2. The number of hydrogen-bond acceptors (Lipinski definition) is 4. The fraction of sp³-hybridized carbons (Fsp3) is 0.333. The number of morpholine rings is 1. The van der Waals surface area contributed by atoms with E-state index in [0.29, 0.717) is 13.2 Å². The van der Waals surface area contributed by atoms with Crippen LogP contribution in [0.2, 0.25) is 0 Å². The molecule has 2 aromatic rings. The third-order valence-electron chi connectivity index (χ3n) is 3.64. The SMILES string of the molecule is O=C(O)[C@@H]1COCCN1C(=O)Cc1csc2ccccc12. The number of rotatable bonds is 3. The average Bonchev–Trinajstić information content (AvgIpc) is 2.90. The van der Waals surface area contributed by atoms with E-state index < -0.39 is 12.0 Å². The first kappa shape index (κ1) is 14.0. The molecule has 1 aromatic heterocycles. The Balaban J connectivity index is 1.80. The number of hydrogen-bond donors (Lipinski definition) is 1. The summed E-state index contributed by atoms with van der Waals surface area (Å²) in [6.07, 6.45) is 0.230. The third-order valence-corrected chi connectivity index (χ3v) is 4.65. The van der Waals surface area contributed by atoms with Crippen LogP contribution in [0.5, 0.6) is 0 Å². The third kappa shape index (κ3) is 2.77. The van der Waals surface area contributed by atoms with Crippen molar-refractivity contribution in [3.8, 4) is 0 Å². The second-order valence-corrected chi connectivity index (χ2v) is 5.86. The molecule has 6 heteroatoms. The number of carbonyl (C=O) groups is 2. The van der Waals surface area contributed by atoms with Gasteiger partial charge in [0.25, 0.3) is 0 Å². The molecule has 1 aliphatic heterocycles. The number of fused-ring (bicyclic) bond motifs is 1. The normalized spacial score (nSPS) is 18.9. The number of carboxylic acid groups (broad SMARTS) is 1. The van der Waals surface area contributed by atoms with Crippen molar-refractivity contribution in [3.05, 3.63) is 35.2 Å². The van der Waals surface area contributed by atoms with Crippen molar-refractivity contribution in [1.29, 1.82) is 0 Å². The summed E-state index contributed by atoms with van der Waals surface area (Å²) in [4.78, 5) is 25.1. The van der Waals surface area contributed by atoms with Crippen LogP contribution in [-0.4, -0.2) is 47.7 Å². The zero-order valence-corrected chi connectivity index (χ0v) is 12.1. The molecule has 1 fully saturated rings. The van der Waals surface area contributed by atoms with Crippen molar-refractivity contribution in [3.63, 3.8) is 0 Å². The fourth-order valence-corrected chi connectivity index (χ4v) is 3.50. The zero-order valence-electron chi connectivity index (χ0n) is 11.3. The Labute approximate surface area is 125 Å². The molecule has 0 saturated carbocycles. The standard InChI is InChI=1S/C15H15NO4S/c17-14(16-5-6-20-8-12(16)15(18)19)7-10-9-21-13-4-2-1-3-11(10)13/h1-4,9,12H,5-8H2,(H,18,19)/t12-/m0/s1. The van der Waals surface area contributed by atoms with E-state index in [2.05, 4.69) is 0 Å². The number of carbonyl (C=O) groups excluding carboxylic acids is 1. The van der Waals surface area contributed by atoms with E-state index in [1.807, 2.05) is 29.6 Å². The maximum Gasteiger partial charge on any atom is 0.328 e. The van der Waals surface area contributed by atoms with Crippen molar-refractivity contribution in [2.24, 2.45) is 0 Å². The van der Waals surface area contributed by atoms with Crippen LogP contribution >= 0.6 is 11.3 Å². The number of carboxylic acids is 1. The number of aliphatic carboxylic acids is 1. The monoisotopic (exact) mass is 305 g/mol. The summed E-state index contributed by atoms with van der Waals surface area (Å²) in [6.45, 7) is 0.781. The topological polar surface area (TPSA) is 66.8 Å². The van der Waals surface area contributed by atoms with Gasteiger partial charge in [0.1, 0.15) is 0 Å². The van der Waals surface area contributed by atoms with Crippen LogP contribution in [0.1, 0.15) is 5.56 Å². The van der Waals surface area contributed by atoms with E-state index in [0.717, 1.165) is 15.6 Å². The van der Waals surface area contributed by atoms with Gasteiger partial charge < -0.3 is 14.7 Å². The van der Waals surface area contributed by atoms with Gasteiger partial charge in [-0.1, -0.05) is 18.2 Å². The summed E-state index contributed by atoms with van der Waals surface area (Å²) in [5.74, 6) is -1.17. The summed E-state index contributed by atoms with van der Waals surface area (Å²) in [6, 6.07) is 7.03. The number of ether oxygens (including phenoxy) is 1. The van der Waals surface area contributed by atoms with Crippen LogP contribution in [0.15, 0.2) is 29.6 Å². The molecule has 0 bridgehead atoms. The van der Waals surface area contributed by atoms with Crippen molar-refractivity contribution in [1.82, 2.24) is 4.90 Å². The quantitative estimate of drug-likeness (QED) is 0.938. The Morgan fingerprint density at radius 3 is 3.00 bits per heavy atom. The molecule has 5 nitrogen and oxygen atoms in total. The lowest BCUT2D eigenvalue weighted by atomic mass is 10.1. The van der Waals surface area contributed by atoms with Crippen LogP contribution in [0, 0.1) is 0 Å². The molecule has 21 heavy (non-hydrogen) atoms. The zero-order chi connectivity index (χ0) is 14.8. The molecule has 3 rings (SSSR count). The number of nitrogens with zero attached hydrogens (tertiary/aromatic N) is 1. The highest BCUT2D eigenvalue weighted by atomic mass is 32.1. The molecule has 1 aromatic carbocycles. The van der Waals surface area contributed by atoms with E-state index in [1.165, 1.54) is 4.90 Å². The minimum absolute atomic E-state index is 0.0610. The van der Waals surface area contributed by atoms with Crippen LogP contribution < -0.4 is 0 Å². The van der Waals surface area contributed by atoms with Gasteiger partial charge in [0.05, 0.1) is 19.6 Å². The molecule has 0 aliphatic carbocycles. The van der Waals surface area contributed by atoms with Crippen molar-refractivity contribution >= 4 is 33.3 Å². The molecule has 1 amide bonds. The van der Waals surface area contributed by atoms with E-state index in [1.54, 1.807) is 11.3 Å². The summed E-state index contributed by atoms with van der Waals surface area (Å²) < 4.78 is 6.29. The smallest absolute Gasteiger partial charge is 0.328 e. The minimum atomic E-state index is -1.02. The number of amides is 1. The van der Waals surface area contributed by atoms with E-state index >= 15 is 0 Å². The molecule has 2 heterocycles. The van der Waals surface area contributed by atoms with Crippen LogP contribution in [0.25, 0.3) is 10.1 Å². The Kier molecular flexibility index (Phi) is 3.90. The van der Waals surface area contributed by atoms with Gasteiger partial charge in [-0.3, -0.25) is 4.79 Å². The lowest BCUT2D eigenvalue weighted by molar-refractivity contribution is -0.157. The van der Waals surface area contributed by atoms with Gasteiger partial charge in [0.15, 0.2) is 6.04 Å². The first-order valence-electron chi connectivity index (χ1n) is 6.72. The molecule has 1 atom stereocenters. The number of thiophene rings is 1. The summed E-state index contributed by atoms with van der Waals surface area (Å²) in [5.41, 5.74) is 0.955. The van der Waals surface area contributed by atoms with Crippen LogP contribution in [0.4, 0.5) is 0 Å². The minimum Gasteiger partial charge on any atom is -0.480 e. The summed E-state index contributed by atoms with van der Waals surface area (Å²) >= 11 is 1.60. The first-order valence-corrected chi connectivity index (χ1v) is 7.60. The van der Waals surface area contributed by atoms with Gasteiger partial charge in [-0.25, -0.2) is 4.79 Å². The molecular weight excluding hydrogens is 290 g/mol. The van der Waals surface area contributed by atoms with E-state index in [4.69, 9.17) is 4.74 Å². The molecule has 1 saturated heterocycles. The lowest BCUT2D eigenvalue weighted by Gasteiger charge is -2.32. The molecule has 1 N–H and O–H groups in total. The molecule has 110 valence electrons. The van der Waals surface area contributed by atoms with Crippen LogP contribution in [0.3, 0.4) is 0 Å². The maximum atomic E-state index is 12.4. The average molecular weight is 305 g/mol. The van der Waals surface area contributed by atoms with E-state index in [9.17, 15) is 14.7 Å². The summed E-state index contributed by atoms with van der Waals surface area (Å²) in [5, 5.41) is 12.2. The highest BCUT2D eigenvalue weighted by Crippen LogP contribution is 2.26. The van der Waals surface area contributed by atoms with Crippen molar-refractivity contribution in [2.45, 2.75) is 12.5 Å². The van der Waals surface area contributed by atoms with Gasteiger partial charge in [-0.05, 0) is 22.4 Å². The Bertz CT molecular complexity index is 681. The van der Waals surface area contributed by atoms with Gasteiger partial charge in [0.2, 0.25) is 5.91 Å². The van der Waals surface area contributed by atoms with Gasteiger partial charge in [0, 0.05) is 11.2 Å². The van der Waals surface area contributed by atoms with Crippen molar-refractivity contribution in [2.75, 3.05) is 19.8 Å². The Hall–Kier alpha value is -1.92. The van der Waals surface area contributed by atoms with Crippen molar-refractivity contribution < 1.29 is 19.4 Å². The molecule has 0 unspecified atom stereocenters. The summed E-state index contributed by atoms with van der Waals surface area (Å²) in [7, 11) is 0. The second-order valence-electron chi connectivity index (χ2n) is 4.95. The molecular formula is C15H15NO4S. The maximum absolute atomic E-state index is 12.4. The fourth-order valence-electron chi connectivity index (χ4n) is 2.54. The molecule has 0 spiro atoms. The molecule has 1 aliphatic rings. The molecule has 0 radical (unpaired) electrons. The van der Waals surface area contributed by atoms with Crippen LogP contribution in [-0.2, 0) is 20.7 Å². The number of benzene rings is 1. The van der Waals surface area contributed by atoms with Gasteiger partial charge in [-0.2, -0.15) is 0 Å². The largest absolute Gasteiger partial charge is 0.480 e. The second kappa shape index (κ2) is 5.83. The van der Waals surface area contributed by atoms with Gasteiger partial charge >= 0.3 is 5.97 Å². The van der Waals surface area contributed by atoms with Gasteiger partial charge in [-0.15, -0.1) is 11.3 Å².